The molecule has 4 aliphatic rings. The molecule has 0 aromatic rings. The van der Waals surface area contributed by atoms with Gasteiger partial charge in [-0.1, -0.05) is 43.4 Å². The van der Waals surface area contributed by atoms with E-state index < -0.39 is 5.41 Å². The van der Waals surface area contributed by atoms with E-state index in [9.17, 15) is 19.2 Å². The van der Waals surface area contributed by atoms with Crippen molar-refractivity contribution in [3.63, 3.8) is 0 Å². The number of fused-ring (bicyclic) bond motifs is 5. The molecule has 0 aromatic heterocycles. The van der Waals surface area contributed by atoms with E-state index in [1.807, 2.05) is 0 Å². The average molecular weight is 526 g/mol. The molecule has 4 aliphatic carbocycles. The Bertz CT molecular complexity index is 805. The van der Waals surface area contributed by atoms with Crippen molar-refractivity contribution >= 4 is 45.7 Å². The molecule has 4 nitrogen and oxygen atoms in total. The molecule has 5 unspecified atom stereocenters. The molecule has 4 saturated carbocycles. The molecular formula is C25H35IO4. The molecule has 8 atom stereocenters. The van der Waals surface area contributed by atoms with E-state index in [2.05, 4.69) is 43.4 Å². The summed E-state index contributed by atoms with van der Waals surface area (Å²) in [6, 6.07) is 0. The largest absolute Gasteiger partial charge is 0.300 e. The summed E-state index contributed by atoms with van der Waals surface area (Å²) in [4.78, 5) is 51.1. The molecule has 0 N–H and O–H groups in total. The molecule has 0 heterocycles. The van der Waals surface area contributed by atoms with E-state index in [1.165, 1.54) is 0 Å². The number of ketones is 4. The quantitative estimate of drug-likeness (QED) is 0.376. The van der Waals surface area contributed by atoms with Gasteiger partial charge in [0, 0.05) is 46.9 Å². The van der Waals surface area contributed by atoms with E-state index in [0.717, 1.165) is 25.7 Å². The van der Waals surface area contributed by atoms with Gasteiger partial charge in [-0.15, -0.1) is 0 Å². The van der Waals surface area contributed by atoms with Crippen LogP contribution >= 0.6 is 22.6 Å². The van der Waals surface area contributed by atoms with Crippen LogP contribution < -0.4 is 0 Å². The zero-order chi connectivity index (χ0) is 22.1. The molecule has 0 spiro atoms. The number of Topliss-reactive ketones (excluding diaryl/α,β-unsaturated/α-hetero) is 4. The van der Waals surface area contributed by atoms with Gasteiger partial charge in [0.25, 0.3) is 0 Å². The van der Waals surface area contributed by atoms with Crippen LogP contribution in [0.1, 0.15) is 85.5 Å². The minimum absolute atomic E-state index is 0.0831. The van der Waals surface area contributed by atoms with Crippen LogP contribution in [0.25, 0.3) is 0 Å². The smallest absolute Gasteiger partial charge is 0.140 e. The third kappa shape index (κ3) is 3.03. The summed E-state index contributed by atoms with van der Waals surface area (Å²) < 4.78 is -0.371. The van der Waals surface area contributed by atoms with E-state index in [-0.39, 0.29) is 44.1 Å². The maximum absolute atomic E-state index is 13.8. The predicted molar refractivity (Wildman–Crippen MR) is 123 cm³/mol. The van der Waals surface area contributed by atoms with Crippen LogP contribution in [0.5, 0.6) is 0 Å². The number of hydrogen-bond acceptors (Lipinski definition) is 4. The molecule has 4 fully saturated rings. The first-order valence-corrected chi connectivity index (χ1v) is 12.8. The third-order valence-corrected chi connectivity index (χ3v) is 12.2. The number of halogens is 1. The first-order valence-electron chi connectivity index (χ1n) is 11.7. The van der Waals surface area contributed by atoms with Gasteiger partial charge in [0.15, 0.2) is 0 Å². The summed E-state index contributed by atoms with van der Waals surface area (Å²) in [6.45, 7) is 8.21. The van der Waals surface area contributed by atoms with E-state index in [1.54, 1.807) is 6.92 Å². The molecule has 30 heavy (non-hydrogen) atoms. The number of carbonyl (C=O) groups is 4. The van der Waals surface area contributed by atoms with Crippen LogP contribution in [-0.2, 0) is 19.2 Å². The predicted octanol–water partition coefficient (Wildman–Crippen LogP) is 5.14. The Morgan fingerprint density at radius 1 is 1.17 bits per heavy atom. The maximum atomic E-state index is 13.8. The lowest BCUT2D eigenvalue weighted by molar-refractivity contribution is -0.159. The summed E-state index contributed by atoms with van der Waals surface area (Å²) >= 11 is 2.49. The SMILES string of the molecule is CC(=O)CC[C@@H](C)[C@H]1CC[C@H]2C3C(=O)CC4CC(=O)CCC4(C)C3(I)CC(=O)C12C. The van der Waals surface area contributed by atoms with Crippen molar-refractivity contribution in [2.45, 2.75) is 88.9 Å². The molecule has 0 bridgehead atoms. The minimum atomic E-state index is -0.459. The molecule has 0 aromatic carbocycles. The van der Waals surface area contributed by atoms with Crippen LogP contribution in [0.15, 0.2) is 0 Å². The first kappa shape index (κ1) is 22.6. The fourth-order valence-corrected chi connectivity index (χ4v) is 9.82. The molecule has 5 heteroatoms. The monoisotopic (exact) mass is 526 g/mol. The number of rotatable bonds is 4. The van der Waals surface area contributed by atoms with Gasteiger partial charge < -0.3 is 4.79 Å². The van der Waals surface area contributed by atoms with E-state index in [4.69, 9.17) is 0 Å². The van der Waals surface area contributed by atoms with Crippen LogP contribution in [0, 0.1) is 40.4 Å². The highest BCUT2D eigenvalue weighted by Gasteiger charge is 2.71. The fourth-order valence-electron chi connectivity index (χ4n) is 7.98. The summed E-state index contributed by atoms with van der Waals surface area (Å²) in [7, 11) is 0. The lowest BCUT2D eigenvalue weighted by Crippen LogP contribution is -2.67. The molecule has 0 radical (unpaired) electrons. The first-order chi connectivity index (χ1) is 13.9. The Balaban J connectivity index is 1.69. The highest BCUT2D eigenvalue weighted by atomic mass is 127. The van der Waals surface area contributed by atoms with Gasteiger partial charge in [-0.3, -0.25) is 14.4 Å². The number of hydrogen-bond donors (Lipinski definition) is 0. The fraction of sp³-hybridized carbons (Fsp3) is 0.840. The Labute approximate surface area is 193 Å². The summed E-state index contributed by atoms with van der Waals surface area (Å²) in [5.74, 6) is 1.76. The summed E-state index contributed by atoms with van der Waals surface area (Å²) in [6.07, 6.45) is 6.14. The van der Waals surface area contributed by atoms with Gasteiger partial charge in [-0.2, -0.15) is 0 Å². The van der Waals surface area contributed by atoms with E-state index >= 15 is 0 Å². The molecule has 0 amide bonds. The van der Waals surface area contributed by atoms with Gasteiger partial charge in [-0.25, -0.2) is 0 Å². The lowest BCUT2D eigenvalue weighted by atomic mass is 9.43. The van der Waals surface area contributed by atoms with Gasteiger partial charge in [0.2, 0.25) is 0 Å². The van der Waals surface area contributed by atoms with Crippen LogP contribution in [0.4, 0.5) is 0 Å². The summed E-state index contributed by atoms with van der Waals surface area (Å²) in [5, 5.41) is 0. The van der Waals surface area contributed by atoms with Gasteiger partial charge in [0.05, 0.1) is 0 Å². The van der Waals surface area contributed by atoms with Crippen LogP contribution in [0.3, 0.4) is 0 Å². The Hall–Kier alpha value is -0.590. The van der Waals surface area contributed by atoms with Gasteiger partial charge in [-0.05, 0) is 61.7 Å². The zero-order valence-corrected chi connectivity index (χ0v) is 20.9. The van der Waals surface area contributed by atoms with Crippen molar-refractivity contribution in [1.29, 1.82) is 0 Å². The second-order valence-electron chi connectivity index (χ2n) is 11.3. The van der Waals surface area contributed by atoms with Crippen molar-refractivity contribution in [1.82, 2.24) is 0 Å². The lowest BCUT2D eigenvalue weighted by Gasteiger charge is -2.63. The maximum Gasteiger partial charge on any atom is 0.140 e. The molecule has 0 saturated heterocycles. The second kappa shape index (κ2) is 7.48. The standard InChI is InChI=1S/C25H35IO4/c1-14(5-6-15(2)27)18-7-8-19-22-20(29)12-16-11-17(28)9-10-23(16,3)25(22,26)13-21(30)24(18,19)4/h14,16,18-19,22H,5-13H2,1-4H3/t14-,16?,18-,19+,22?,23?,24?,25?/m1/s1. The van der Waals surface area contributed by atoms with Crippen molar-refractivity contribution in [3.05, 3.63) is 0 Å². The summed E-state index contributed by atoms with van der Waals surface area (Å²) in [5.41, 5.74) is -0.589. The number of alkyl halides is 1. The van der Waals surface area contributed by atoms with Crippen molar-refractivity contribution in [3.8, 4) is 0 Å². The third-order valence-electron chi connectivity index (χ3n) is 9.92. The topological polar surface area (TPSA) is 68.3 Å². The van der Waals surface area contributed by atoms with Crippen LogP contribution in [-0.4, -0.2) is 26.6 Å². The minimum Gasteiger partial charge on any atom is -0.300 e. The normalized spacial score (nSPS) is 46.8. The average Bonchev–Trinajstić information content (AvgIpc) is 3.00. The second-order valence-corrected chi connectivity index (χ2v) is 13.2. The van der Waals surface area contributed by atoms with E-state index in [0.29, 0.717) is 49.6 Å². The zero-order valence-electron chi connectivity index (χ0n) is 18.8. The Morgan fingerprint density at radius 3 is 2.53 bits per heavy atom. The van der Waals surface area contributed by atoms with Gasteiger partial charge >= 0.3 is 0 Å². The molecule has 166 valence electrons. The Kier molecular flexibility index (Phi) is 5.64. The molecule has 4 rings (SSSR count). The van der Waals surface area contributed by atoms with Gasteiger partial charge in [0.1, 0.15) is 23.1 Å². The highest BCUT2D eigenvalue weighted by molar-refractivity contribution is 14.1. The van der Waals surface area contributed by atoms with Crippen LogP contribution in [0.2, 0.25) is 0 Å². The number of carbonyl (C=O) groups excluding carboxylic acids is 4. The molecular weight excluding hydrogens is 491 g/mol. The molecule has 0 aliphatic heterocycles. The highest BCUT2D eigenvalue weighted by Crippen LogP contribution is 2.70. The van der Waals surface area contributed by atoms with Crippen molar-refractivity contribution in [2.24, 2.45) is 40.4 Å². The Morgan fingerprint density at radius 2 is 1.87 bits per heavy atom. The van der Waals surface area contributed by atoms with Crippen molar-refractivity contribution < 1.29 is 19.2 Å². The van der Waals surface area contributed by atoms with Crippen molar-refractivity contribution in [2.75, 3.05) is 0 Å².